The predicted molar refractivity (Wildman–Crippen MR) is 44.5 cm³/mol. The summed E-state index contributed by atoms with van der Waals surface area (Å²) in [6.07, 6.45) is 1.50. The van der Waals surface area contributed by atoms with Crippen LogP contribution in [-0.2, 0) is 4.79 Å². The minimum absolute atomic E-state index is 0.0301. The van der Waals surface area contributed by atoms with Gasteiger partial charge in [-0.1, -0.05) is 13.0 Å². The van der Waals surface area contributed by atoms with E-state index in [0.29, 0.717) is 12.0 Å². The lowest BCUT2D eigenvalue weighted by molar-refractivity contribution is -0.125. The van der Waals surface area contributed by atoms with E-state index in [1.807, 2.05) is 0 Å². The third kappa shape index (κ3) is 0.706. The quantitative estimate of drug-likeness (QED) is 0.507. The topological polar surface area (TPSA) is 17.1 Å². The molecule has 2 rings (SSSR count). The number of hydrogen-bond donors (Lipinski definition) is 0. The summed E-state index contributed by atoms with van der Waals surface area (Å²) >= 11 is 0. The molecular formula is C10H13FO. The molecule has 0 saturated heterocycles. The first-order valence-corrected chi connectivity index (χ1v) is 4.45. The van der Waals surface area contributed by atoms with Gasteiger partial charge in [0, 0.05) is 5.92 Å². The van der Waals surface area contributed by atoms with Gasteiger partial charge in [0.2, 0.25) is 0 Å². The maximum atomic E-state index is 13.6. The van der Waals surface area contributed by atoms with Crippen LogP contribution in [0, 0.1) is 11.3 Å². The number of carbonyl (C=O) groups is 1. The minimum Gasteiger partial charge on any atom is -0.294 e. The summed E-state index contributed by atoms with van der Waals surface area (Å²) in [5.74, 6) is -0.200. The van der Waals surface area contributed by atoms with Crippen molar-refractivity contribution in [1.29, 1.82) is 0 Å². The molecule has 2 saturated carbocycles. The number of alkyl halides is 1. The van der Waals surface area contributed by atoms with Crippen LogP contribution in [0.15, 0.2) is 12.2 Å². The second-order valence-electron chi connectivity index (χ2n) is 4.17. The Kier molecular flexibility index (Phi) is 1.45. The second kappa shape index (κ2) is 2.18. The van der Waals surface area contributed by atoms with Crippen LogP contribution in [0.25, 0.3) is 0 Å². The highest BCUT2D eigenvalue weighted by atomic mass is 19.1. The van der Waals surface area contributed by atoms with E-state index in [9.17, 15) is 9.18 Å². The molecule has 1 nitrogen and oxygen atoms in total. The van der Waals surface area contributed by atoms with Crippen molar-refractivity contribution in [3.63, 3.8) is 0 Å². The molecule has 12 heavy (non-hydrogen) atoms. The van der Waals surface area contributed by atoms with E-state index in [2.05, 4.69) is 6.58 Å². The fourth-order valence-electron chi connectivity index (χ4n) is 2.54. The Morgan fingerprint density at radius 3 is 2.83 bits per heavy atom. The molecule has 0 spiro atoms. The molecule has 0 radical (unpaired) electrons. The van der Waals surface area contributed by atoms with Crippen molar-refractivity contribution in [3.05, 3.63) is 12.2 Å². The van der Waals surface area contributed by atoms with E-state index in [-0.39, 0.29) is 11.7 Å². The largest absolute Gasteiger partial charge is 0.294 e. The van der Waals surface area contributed by atoms with Gasteiger partial charge in [-0.2, -0.15) is 0 Å². The van der Waals surface area contributed by atoms with Crippen LogP contribution >= 0.6 is 0 Å². The average molecular weight is 168 g/mol. The van der Waals surface area contributed by atoms with Crippen LogP contribution in [0.2, 0.25) is 0 Å². The lowest BCUT2D eigenvalue weighted by atomic mass is 9.75. The summed E-state index contributed by atoms with van der Waals surface area (Å²) in [5, 5.41) is 0. The first-order chi connectivity index (χ1) is 5.57. The minimum atomic E-state index is -0.966. The molecular weight excluding hydrogens is 155 g/mol. The van der Waals surface area contributed by atoms with Crippen molar-refractivity contribution in [3.8, 4) is 0 Å². The first kappa shape index (κ1) is 7.96. The van der Waals surface area contributed by atoms with Crippen LogP contribution < -0.4 is 0 Å². The Morgan fingerprint density at radius 1 is 1.67 bits per heavy atom. The first-order valence-electron chi connectivity index (χ1n) is 4.45. The summed E-state index contributed by atoms with van der Waals surface area (Å²) in [7, 11) is 0. The molecule has 2 aliphatic rings. The van der Waals surface area contributed by atoms with E-state index in [4.69, 9.17) is 0 Å². The van der Waals surface area contributed by atoms with Crippen molar-refractivity contribution in [2.45, 2.75) is 32.4 Å². The van der Waals surface area contributed by atoms with Crippen molar-refractivity contribution in [1.82, 2.24) is 0 Å². The van der Waals surface area contributed by atoms with Gasteiger partial charge < -0.3 is 0 Å². The summed E-state index contributed by atoms with van der Waals surface area (Å²) in [5.41, 5.74) is -0.192. The van der Waals surface area contributed by atoms with Gasteiger partial charge in [-0.05, 0) is 25.3 Å². The Labute approximate surface area is 71.6 Å². The molecule has 3 unspecified atom stereocenters. The van der Waals surface area contributed by atoms with E-state index in [0.717, 1.165) is 12.8 Å². The van der Waals surface area contributed by atoms with Crippen LogP contribution in [0.3, 0.4) is 0 Å². The smallest absolute Gasteiger partial charge is 0.167 e. The number of allylic oxidation sites excluding steroid dienone is 1. The van der Waals surface area contributed by atoms with Crippen LogP contribution in [0.4, 0.5) is 4.39 Å². The van der Waals surface area contributed by atoms with Gasteiger partial charge in [-0.3, -0.25) is 4.79 Å². The lowest BCUT2D eigenvalue weighted by Gasteiger charge is -2.30. The van der Waals surface area contributed by atoms with Gasteiger partial charge in [-0.15, -0.1) is 0 Å². The molecule has 66 valence electrons. The number of ketones is 1. The van der Waals surface area contributed by atoms with Crippen molar-refractivity contribution in [2.24, 2.45) is 11.3 Å². The molecule has 2 aliphatic carbocycles. The van der Waals surface area contributed by atoms with Gasteiger partial charge in [0.1, 0.15) is 6.17 Å². The number of carbonyl (C=O) groups excluding carboxylic acids is 1. The normalized spacial score (nSPS) is 46.8. The average Bonchev–Trinajstić information content (AvgIpc) is 2.20. The number of Topliss-reactive ketones (excluding diaryl/α,β-unsaturated/α-hetero) is 1. The highest BCUT2D eigenvalue weighted by molar-refractivity contribution is 6.03. The predicted octanol–water partition coefficient (Wildman–Crippen LogP) is 2.27. The highest BCUT2D eigenvalue weighted by Gasteiger charge is 2.56. The van der Waals surface area contributed by atoms with Gasteiger partial charge >= 0.3 is 0 Å². The number of halogens is 1. The van der Waals surface area contributed by atoms with Crippen molar-refractivity contribution < 1.29 is 9.18 Å². The highest BCUT2D eigenvalue weighted by Crippen LogP contribution is 2.52. The van der Waals surface area contributed by atoms with Gasteiger partial charge in [-0.25, -0.2) is 4.39 Å². The Balaban J connectivity index is 2.46. The summed E-state index contributed by atoms with van der Waals surface area (Å²) in [6, 6.07) is 0. The number of fused-ring (bicyclic) bond motifs is 2. The van der Waals surface area contributed by atoms with Crippen molar-refractivity contribution in [2.75, 3.05) is 0 Å². The van der Waals surface area contributed by atoms with Gasteiger partial charge in [0.25, 0.3) is 0 Å². The Hall–Kier alpha value is -0.660. The molecule has 3 atom stereocenters. The molecule has 0 aromatic carbocycles. The van der Waals surface area contributed by atoms with Crippen LogP contribution in [0.5, 0.6) is 0 Å². The van der Waals surface area contributed by atoms with Crippen LogP contribution in [0.1, 0.15) is 26.2 Å². The molecule has 0 amide bonds. The Morgan fingerprint density at radius 2 is 2.33 bits per heavy atom. The summed E-state index contributed by atoms with van der Waals surface area (Å²) in [6.45, 7) is 5.42. The van der Waals surface area contributed by atoms with Gasteiger partial charge in [0.15, 0.2) is 5.78 Å². The summed E-state index contributed by atoms with van der Waals surface area (Å²) < 4.78 is 13.6. The zero-order valence-corrected chi connectivity index (χ0v) is 7.27. The fraction of sp³-hybridized carbons (Fsp3) is 0.700. The SMILES string of the molecule is C=C1C(=O)C2(C)CCCC1C2F. The van der Waals surface area contributed by atoms with Gasteiger partial charge in [0.05, 0.1) is 5.41 Å². The van der Waals surface area contributed by atoms with E-state index in [1.54, 1.807) is 6.92 Å². The molecule has 0 aromatic heterocycles. The molecule has 2 fully saturated rings. The molecule has 0 aliphatic heterocycles. The standard InChI is InChI=1S/C10H13FO/c1-6-7-4-3-5-10(2,8(7)11)9(6)12/h7-8H,1,3-5H2,2H3. The number of rotatable bonds is 0. The molecule has 0 aromatic rings. The monoisotopic (exact) mass is 168 g/mol. The molecule has 2 bridgehead atoms. The van der Waals surface area contributed by atoms with E-state index < -0.39 is 11.6 Å². The third-order valence-corrected chi connectivity index (χ3v) is 3.43. The maximum Gasteiger partial charge on any atom is 0.167 e. The molecule has 2 heteroatoms. The fourth-order valence-corrected chi connectivity index (χ4v) is 2.54. The zero-order valence-electron chi connectivity index (χ0n) is 7.27. The van der Waals surface area contributed by atoms with Crippen LogP contribution in [-0.4, -0.2) is 12.0 Å². The maximum absolute atomic E-state index is 13.6. The molecule has 0 heterocycles. The number of hydrogen-bond acceptors (Lipinski definition) is 1. The summed E-state index contributed by atoms with van der Waals surface area (Å²) in [4.78, 5) is 11.6. The third-order valence-electron chi connectivity index (χ3n) is 3.43. The lowest BCUT2D eigenvalue weighted by Crippen LogP contribution is -2.34. The Bertz CT molecular complexity index is 259. The van der Waals surface area contributed by atoms with Crippen molar-refractivity contribution >= 4 is 5.78 Å². The zero-order chi connectivity index (χ0) is 8.93. The van der Waals surface area contributed by atoms with E-state index >= 15 is 0 Å². The van der Waals surface area contributed by atoms with E-state index in [1.165, 1.54) is 0 Å². The molecule has 0 N–H and O–H groups in total. The second-order valence-corrected chi connectivity index (χ2v) is 4.17.